The van der Waals surface area contributed by atoms with Crippen LogP contribution < -0.4 is 16.2 Å². The second-order valence-electron chi connectivity index (χ2n) is 5.57. The number of amides is 2. The van der Waals surface area contributed by atoms with Crippen LogP contribution in [-0.4, -0.2) is 16.8 Å². The summed E-state index contributed by atoms with van der Waals surface area (Å²) in [4.78, 5) is 37.7. The second-order valence-corrected chi connectivity index (χ2v) is 5.57. The second kappa shape index (κ2) is 6.08. The number of carbonyl (C=O) groups is 2. The van der Waals surface area contributed by atoms with Crippen LogP contribution in [0.4, 0.5) is 5.69 Å². The highest BCUT2D eigenvalue weighted by Crippen LogP contribution is 2.26. The number of aromatic nitrogens is 1. The molecule has 0 saturated heterocycles. The number of H-pyrrole nitrogens is 1. The predicted molar refractivity (Wildman–Crippen MR) is 86.3 cm³/mol. The van der Waals surface area contributed by atoms with Gasteiger partial charge in [0.1, 0.15) is 5.56 Å². The molecule has 3 rings (SSSR count). The van der Waals surface area contributed by atoms with E-state index in [2.05, 4.69) is 15.6 Å². The topological polar surface area (TPSA) is 91.1 Å². The number of carbonyl (C=O) groups excluding carboxylic acids is 2. The van der Waals surface area contributed by atoms with Gasteiger partial charge in [-0.15, -0.1) is 0 Å². The molecule has 2 aromatic rings. The number of pyridine rings is 1. The normalized spacial score (nSPS) is 14.6. The van der Waals surface area contributed by atoms with E-state index in [4.69, 9.17) is 0 Å². The highest BCUT2D eigenvalue weighted by molar-refractivity contribution is 5.94. The van der Waals surface area contributed by atoms with Crippen LogP contribution in [0.1, 0.15) is 40.9 Å². The zero-order valence-electron chi connectivity index (χ0n) is 12.7. The zero-order valence-corrected chi connectivity index (χ0v) is 12.7. The Morgan fingerprint density at radius 3 is 2.83 bits per heavy atom. The number of aryl methyl sites for hydroxylation is 1. The molecule has 2 heterocycles. The van der Waals surface area contributed by atoms with Gasteiger partial charge in [0.15, 0.2) is 0 Å². The molecule has 1 atom stereocenters. The summed E-state index contributed by atoms with van der Waals surface area (Å²) in [7, 11) is 0. The number of anilines is 1. The van der Waals surface area contributed by atoms with Crippen molar-refractivity contribution in [3.63, 3.8) is 0 Å². The van der Waals surface area contributed by atoms with Crippen LogP contribution in [-0.2, 0) is 11.2 Å². The van der Waals surface area contributed by atoms with Gasteiger partial charge in [0, 0.05) is 18.3 Å². The van der Waals surface area contributed by atoms with Crippen molar-refractivity contribution in [2.24, 2.45) is 0 Å². The first-order valence-electron chi connectivity index (χ1n) is 7.46. The van der Waals surface area contributed by atoms with E-state index in [0.717, 1.165) is 16.8 Å². The third kappa shape index (κ3) is 3.15. The molecule has 0 fully saturated rings. The average Bonchev–Trinajstić information content (AvgIpc) is 2.54. The Morgan fingerprint density at radius 1 is 1.22 bits per heavy atom. The lowest BCUT2D eigenvalue weighted by molar-refractivity contribution is -0.116. The number of hydrogen-bond acceptors (Lipinski definition) is 3. The fourth-order valence-electron chi connectivity index (χ4n) is 2.63. The summed E-state index contributed by atoms with van der Waals surface area (Å²) in [5, 5.41) is 5.65. The lowest BCUT2D eigenvalue weighted by Gasteiger charge is -2.20. The predicted octanol–water partition coefficient (Wildman–Crippen LogP) is 1.75. The molecule has 6 nitrogen and oxygen atoms in total. The van der Waals surface area contributed by atoms with Gasteiger partial charge in [-0.2, -0.15) is 0 Å². The summed E-state index contributed by atoms with van der Waals surface area (Å²) in [5.74, 6) is -0.389. The molecule has 1 aliphatic rings. The summed E-state index contributed by atoms with van der Waals surface area (Å²) in [6, 6.07) is 8.55. The molecule has 0 unspecified atom stereocenters. The minimum absolute atomic E-state index is 0.0231. The lowest BCUT2D eigenvalue weighted by Crippen LogP contribution is -2.31. The van der Waals surface area contributed by atoms with Crippen LogP contribution in [0.15, 0.2) is 41.3 Å². The van der Waals surface area contributed by atoms with E-state index in [0.29, 0.717) is 12.8 Å². The molecule has 118 valence electrons. The average molecular weight is 311 g/mol. The van der Waals surface area contributed by atoms with E-state index in [-0.39, 0.29) is 17.5 Å². The zero-order chi connectivity index (χ0) is 16.4. The molecular weight excluding hydrogens is 294 g/mol. The van der Waals surface area contributed by atoms with Crippen LogP contribution >= 0.6 is 0 Å². The van der Waals surface area contributed by atoms with Crippen LogP contribution in [0.3, 0.4) is 0 Å². The Labute approximate surface area is 132 Å². The van der Waals surface area contributed by atoms with Crippen molar-refractivity contribution in [1.29, 1.82) is 0 Å². The van der Waals surface area contributed by atoms with Crippen molar-refractivity contribution >= 4 is 17.5 Å². The number of benzene rings is 1. The molecule has 3 N–H and O–H groups in total. The first-order chi connectivity index (χ1) is 11.0. The van der Waals surface area contributed by atoms with Gasteiger partial charge in [0.2, 0.25) is 5.91 Å². The molecule has 0 aliphatic carbocycles. The molecule has 0 radical (unpaired) electrons. The Bertz CT molecular complexity index is 826. The van der Waals surface area contributed by atoms with E-state index >= 15 is 0 Å². The smallest absolute Gasteiger partial charge is 0.260 e. The minimum Gasteiger partial charge on any atom is -0.345 e. The summed E-state index contributed by atoms with van der Waals surface area (Å²) < 4.78 is 0. The Morgan fingerprint density at radius 2 is 2.04 bits per heavy atom. The third-order valence-electron chi connectivity index (χ3n) is 3.94. The Hall–Kier alpha value is -2.89. The maximum Gasteiger partial charge on any atom is 0.260 e. The van der Waals surface area contributed by atoms with Gasteiger partial charge in [-0.25, -0.2) is 0 Å². The first-order valence-corrected chi connectivity index (χ1v) is 7.46. The highest BCUT2D eigenvalue weighted by atomic mass is 16.2. The third-order valence-corrected chi connectivity index (χ3v) is 3.94. The molecule has 0 saturated carbocycles. The van der Waals surface area contributed by atoms with E-state index in [1.54, 1.807) is 6.07 Å². The monoisotopic (exact) mass is 311 g/mol. The van der Waals surface area contributed by atoms with Crippen molar-refractivity contribution in [2.75, 3.05) is 5.32 Å². The summed E-state index contributed by atoms with van der Waals surface area (Å²) in [6.45, 7) is 1.86. The number of rotatable bonds is 3. The summed E-state index contributed by atoms with van der Waals surface area (Å²) in [6.07, 6.45) is 2.64. The van der Waals surface area contributed by atoms with E-state index < -0.39 is 11.5 Å². The SMILES string of the molecule is C[C@@H](NC(=O)c1ccc[nH]c1=O)c1ccc2c(c1)CCC(=O)N2. The number of aromatic amines is 1. The first kappa shape index (κ1) is 15.0. The standard InChI is InChI=1S/C17H17N3O3/c1-10(19-17(23)13-3-2-8-18-16(13)22)11-4-6-14-12(9-11)5-7-15(21)20-14/h2-4,6,8-10H,5,7H2,1H3,(H,18,22)(H,19,23)(H,20,21)/t10-/m1/s1. The molecular formula is C17H17N3O3. The quantitative estimate of drug-likeness (QED) is 0.806. The van der Waals surface area contributed by atoms with Crippen LogP contribution in [0.2, 0.25) is 0 Å². The van der Waals surface area contributed by atoms with Crippen LogP contribution in [0, 0.1) is 0 Å². The summed E-state index contributed by atoms with van der Waals surface area (Å²) in [5.41, 5.74) is 2.49. The number of fused-ring (bicyclic) bond motifs is 1. The fourth-order valence-corrected chi connectivity index (χ4v) is 2.63. The lowest BCUT2D eigenvalue weighted by atomic mass is 9.97. The molecule has 1 aliphatic heterocycles. The molecule has 1 aromatic carbocycles. The fraction of sp³-hybridized carbons (Fsp3) is 0.235. The van der Waals surface area contributed by atoms with Gasteiger partial charge in [-0.1, -0.05) is 12.1 Å². The van der Waals surface area contributed by atoms with Crippen molar-refractivity contribution in [2.45, 2.75) is 25.8 Å². The van der Waals surface area contributed by atoms with Gasteiger partial charge >= 0.3 is 0 Å². The maximum atomic E-state index is 12.2. The molecule has 1 aromatic heterocycles. The molecule has 6 heteroatoms. The van der Waals surface area contributed by atoms with Crippen LogP contribution in [0.25, 0.3) is 0 Å². The van der Waals surface area contributed by atoms with E-state index in [1.165, 1.54) is 12.3 Å². The Kier molecular flexibility index (Phi) is 3.97. The number of nitrogens with one attached hydrogen (secondary N) is 3. The largest absolute Gasteiger partial charge is 0.345 e. The molecule has 0 spiro atoms. The molecule has 2 amide bonds. The molecule has 23 heavy (non-hydrogen) atoms. The van der Waals surface area contributed by atoms with Crippen molar-refractivity contribution in [1.82, 2.24) is 10.3 Å². The van der Waals surface area contributed by atoms with Crippen molar-refractivity contribution < 1.29 is 9.59 Å². The van der Waals surface area contributed by atoms with E-state index in [9.17, 15) is 14.4 Å². The van der Waals surface area contributed by atoms with Gasteiger partial charge in [-0.3, -0.25) is 14.4 Å². The maximum absolute atomic E-state index is 12.2. The summed E-state index contributed by atoms with van der Waals surface area (Å²) >= 11 is 0. The van der Waals surface area contributed by atoms with Gasteiger partial charge in [0.05, 0.1) is 6.04 Å². The molecule has 0 bridgehead atoms. The Balaban J connectivity index is 1.77. The van der Waals surface area contributed by atoms with Gasteiger partial charge in [-0.05, 0) is 42.7 Å². The van der Waals surface area contributed by atoms with E-state index in [1.807, 2.05) is 25.1 Å². The minimum atomic E-state index is -0.412. The van der Waals surface area contributed by atoms with Gasteiger partial charge in [0.25, 0.3) is 11.5 Å². The van der Waals surface area contributed by atoms with Gasteiger partial charge < -0.3 is 15.6 Å². The van der Waals surface area contributed by atoms with Crippen LogP contribution in [0.5, 0.6) is 0 Å². The number of hydrogen-bond donors (Lipinski definition) is 3. The highest BCUT2D eigenvalue weighted by Gasteiger charge is 2.18. The van der Waals surface area contributed by atoms with Crippen molar-refractivity contribution in [3.8, 4) is 0 Å². The van der Waals surface area contributed by atoms with Crippen molar-refractivity contribution in [3.05, 3.63) is 63.6 Å².